The van der Waals surface area contributed by atoms with Gasteiger partial charge in [0.1, 0.15) is 5.69 Å². The van der Waals surface area contributed by atoms with Gasteiger partial charge in [0.15, 0.2) is 0 Å². The van der Waals surface area contributed by atoms with Crippen LogP contribution in [0.15, 0.2) is 47.3 Å². The molecule has 1 aliphatic rings. The predicted octanol–water partition coefficient (Wildman–Crippen LogP) is 2.47. The lowest BCUT2D eigenvalue weighted by Crippen LogP contribution is -2.48. The highest BCUT2D eigenvalue weighted by atomic mass is 16.2. The molecule has 1 aliphatic heterocycles. The average molecular weight is 397 g/mol. The number of likely N-dealkylation sites (tertiary alicyclic amines) is 1. The van der Waals surface area contributed by atoms with Crippen LogP contribution in [0.1, 0.15) is 43.1 Å². The van der Waals surface area contributed by atoms with Gasteiger partial charge in [-0.15, -0.1) is 0 Å². The van der Waals surface area contributed by atoms with Gasteiger partial charge in [0.25, 0.3) is 11.5 Å². The standard InChI is InChI=1S/C21H27N5O3/c1-2-3-13-26-19(27)10-9-18(24-26)20(28)22-17-11-14-25(15-12-17)21(29)23-16-7-5-4-6-8-16/h4-10,17H,2-3,11-15H2,1H3,(H,22,28)(H,23,29). The Morgan fingerprint density at radius 1 is 1.10 bits per heavy atom. The highest BCUT2D eigenvalue weighted by Gasteiger charge is 2.24. The number of piperidine rings is 1. The fourth-order valence-corrected chi connectivity index (χ4v) is 3.25. The van der Waals surface area contributed by atoms with E-state index in [9.17, 15) is 14.4 Å². The Hall–Kier alpha value is -3.16. The van der Waals surface area contributed by atoms with E-state index in [1.807, 2.05) is 37.3 Å². The summed E-state index contributed by atoms with van der Waals surface area (Å²) in [6.07, 6.45) is 3.12. The van der Waals surface area contributed by atoms with Gasteiger partial charge in [0, 0.05) is 37.4 Å². The summed E-state index contributed by atoms with van der Waals surface area (Å²) in [5.74, 6) is -0.289. The molecule has 1 saturated heterocycles. The van der Waals surface area contributed by atoms with Gasteiger partial charge in [-0.05, 0) is 37.5 Å². The van der Waals surface area contributed by atoms with Crippen molar-refractivity contribution >= 4 is 17.6 Å². The molecule has 8 nitrogen and oxygen atoms in total. The topological polar surface area (TPSA) is 96.3 Å². The lowest BCUT2D eigenvalue weighted by atomic mass is 10.1. The number of aromatic nitrogens is 2. The van der Waals surface area contributed by atoms with Crippen LogP contribution in [0.3, 0.4) is 0 Å². The van der Waals surface area contributed by atoms with Crippen LogP contribution in [0.2, 0.25) is 0 Å². The first-order chi connectivity index (χ1) is 14.1. The number of amides is 3. The van der Waals surface area contributed by atoms with E-state index >= 15 is 0 Å². The Labute approximate surface area is 169 Å². The van der Waals surface area contributed by atoms with E-state index in [4.69, 9.17) is 0 Å². The number of carbonyl (C=O) groups excluding carboxylic acids is 2. The first kappa shape index (κ1) is 20.6. The number of para-hydroxylation sites is 1. The van der Waals surface area contributed by atoms with Crippen LogP contribution in [0.25, 0.3) is 0 Å². The molecule has 3 amide bonds. The lowest BCUT2D eigenvalue weighted by molar-refractivity contribution is 0.0911. The van der Waals surface area contributed by atoms with Gasteiger partial charge in [-0.25, -0.2) is 9.48 Å². The third kappa shape index (κ3) is 5.66. The summed E-state index contributed by atoms with van der Waals surface area (Å²) in [6, 6.07) is 12.0. The van der Waals surface area contributed by atoms with Crippen molar-refractivity contribution in [3.8, 4) is 0 Å². The molecule has 29 heavy (non-hydrogen) atoms. The van der Waals surface area contributed by atoms with Crippen LogP contribution in [0.4, 0.5) is 10.5 Å². The predicted molar refractivity (Wildman–Crippen MR) is 111 cm³/mol. The van der Waals surface area contributed by atoms with Gasteiger partial charge in [-0.2, -0.15) is 5.10 Å². The lowest BCUT2D eigenvalue weighted by Gasteiger charge is -2.32. The number of aryl methyl sites for hydroxylation is 1. The van der Waals surface area contributed by atoms with Gasteiger partial charge in [0.05, 0.1) is 0 Å². The number of carbonyl (C=O) groups is 2. The van der Waals surface area contributed by atoms with Crippen LogP contribution < -0.4 is 16.2 Å². The molecule has 0 bridgehead atoms. The second kappa shape index (κ2) is 9.86. The first-order valence-corrected chi connectivity index (χ1v) is 10.1. The van der Waals surface area contributed by atoms with Gasteiger partial charge < -0.3 is 15.5 Å². The second-order valence-corrected chi connectivity index (χ2v) is 7.16. The smallest absolute Gasteiger partial charge is 0.321 e. The number of hydrogen-bond acceptors (Lipinski definition) is 4. The van der Waals surface area contributed by atoms with E-state index in [0.717, 1.165) is 18.5 Å². The molecule has 1 aromatic carbocycles. The molecule has 0 atom stereocenters. The third-order valence-electron chi connectivity index (χ3n) is 4.97. The fourth-order valence-electron chi connectivity index (χ4n) is 3.25. The van der Waals surface area contributed by atoms with Crippen molar-refractivity contribution < 1.29 is 9.59 Å². The van der Waals surface area contributed by atoms with E-state index in [2.05, 4.69) is 15.7 Å². The highest BCUT2D eigenvalue weighted by Crippen LogP contribution is 2.13. The Morgan fingerprint density at radius 3 is 2.52 bits per heavy atom. The minimum absolute atomic E-state index is 0.0268. The van der Waals surface area contributed by atoms with E-state index in [0.29, 0.717) is 32.5 Å². The molecule has 3 rings (SSSR count). The maximum absolute atomic E-state index is 12.5. The molecule has 2 aromatic rings. The van der Waals surface area contributed by atoms with Gasteiger partial charge >= 0.3 is 6.03 Å². The monoisotopic (exact) mass is 397 g/mol. The summed E-state index contributed by atoms with van der Waals surface area (Å²) in [6.45, 7) is 3.67. The van der Waals surface area contributed by atoms with Crippen molar-refractivity contribution in [3.05, 3.63) is 58.5 Å². The molecule has 1 fully saturated rings. The molecule has 2 heterocycles. The minimum atomic E-state index is -0.289. The zero-order valence-electron chi connectivity index (χ0n) is 16.6. The number of nitrogens with zero attached hydrogens (tertiary/aromatic N) is 3. The molecule has 0 spiro atoms. The van der Waals surface area contributed by atoms with E-state index in [-0.39, 0.29) is 29.2 Å². The Bertz CT molecular complexity index is 889. The number of hydrogen-bond donors (Lipinski definition) is 2. The van der Waals surface area contributed by atoms with Crippen molar-refractivity contribution in [2.75, 3.05) is 18.4 Å². The number of unbranched alkanes of at least 4 members (excludes halogenated alkanes) is 1. The van der Waals surface area contributed by atoms with Crippen molar-refractivity contribution in [2.24, 2.45) is 0 Å². The van der Waals surface area contributed by atoms with Crippen molar-refractivity contribution in [1.29, 1.82) is 0 Å². The van der Waals surface area contributed by atoms with E-state index < -0.39 is 0 Å². The highest BCUT2D eigenvalue weighted by molar-refractivity contribution is 5.92. The summed E-state index contributed by atoms with van der Waals surface area (Å²) >= 11 is 0. The number of anilines is 1. The molecule has 0 unspecified atom stereocenters. The third-order valence-corrected chi connectivity index (χ3v) is 4.97. The first-order valence-electron chi connectivity index (χ1n) is 10.1. The van der Waals surface area contributed by atoms with Gasteiger partial charge in [-0.1, -0.05) is 31.5 Å². The van der Waals surface area contributed by atoms with Crippen molar-refractivity contribution in [3.63, 3.8) is 0 Å². The van der Waals surface area contributed by atoms with Crippen molar-refractivity contribution in [1.82, 2.24) is 20.0 Å². The number of nitrogens with one attached hydrogen (secondary N) is 2. The summed E-state index contributed by atoms with van der Waals surface area (Å²) < 4.78 is 1.34. The van der Waals surface area contributed by atoms with E-state index in [1.54, 1.807) is 4.90 Å². The van der Waals surface area contributed by atoms with Gasteiger partial charge in [0.2, 0.25) is 0 Å². The van der Waals surface area contributed by atoms with Crippen LogP contribution in [-0.4, -0.2) is 45.8 Å². The van der Waals surface area contributed by atoms with Crippen LogP contribution in [0.5, 0.6) is 0 Å². The largest absolute Gasteiger partial charge is 0.348 e. The maximum Gasteiger partial charge on any atom is 0.321 e. The number of rotatable bonds is 6. The summed E-state index contributed by atoms with van der Waals surface area (Å²) in [7, 11) is 0. The van der Waals surface area contributed by atoms with Gasteiger partial charge in [-0.3, -0.25) is 9.59 Å². The van der Waals surface area contributed by atoms with Crippen LogP contribution >= 0.6 is 0 Å². The number of urea groups is 1. The second-order valence-electron chi connectivity index (χ2n) is 7.16. The molecule has 0 radical (unpaired) electrons. The SMILES string of the molecule is CCCCn1nc(C(=O)NC2CCN(C(=O)Nc3ccccc3)CC2)ccc1=O. The summed E-state index contributed by atoms with van der Waals surface area (Å²) in [4.78, 5) is 38.5. The molecule has 8 heteroatoms. The fraction of sp³-hybridized carbons (Fsp3) is 0.429. The molecular weight excluding hydrogens is 370 g/mol. The zero-order chi connectivity index (χ0) is 20.6. The minimum Gasteiger partial charge on any atom is -0.348 e. The normalized spacial score (nSPS) is 14.4. The van der Waals surface area contributed by atoms with Crippen LogP contribution in [-0.2, 0) is 6.54 Å². The molecular formula is C21H27N5O3. The van der Waals surface area contributed by atoms with E-state index in [1.165, 1.54) is 16.8 Å². The average Bonchev–Trinajstić information content (AvgIpc) is 2.74. The quantitative estimate of drug-likeness (QED) is 0.783. The maximum atomic E-state index is 12.5. The van der Waals surface area contributed by atoms with Crippen molar-refractivity contribution in [2.45, 2.75) is 45.2 Å². The Balaban J connectivity index is 1.51. The Kier molecular flexibility index (Phi) is 6.99. The molecule has 0 saturated carbocycles. The summed E-state index contributed by atoms with van der Waals surface area (Å²) in [5, 5.41) is 10.0. The molecule has 154 valence electrons. The van der Waals surface area contributed by atoms with Crippen LogP contribution in [0, 0.1) is 0 Å². The molecule has 2 N–H and O–H groups in total. The summed E-state index contributed by atoms with van der Waals surface area (Å²) in [5.41, 5.74) is 0.801. The molecule has 0 aliphatic carbocycles. The number of benzene rings is 1. The Morgan fingerprint density at radius 2 is 1.83 bits per heavy atom. The zero-order valence-corrected chi connectivity index (χ0v) is 16.6. The molecule has 1 aromatic heterocycles.